The zero-order valence-corrected chi connectivity index (χ0v) is 15.3. The molecule has 0 bridgehead atoms. The Bertz CT molecular complexity index is 917. The molecular weight excluding hydrogens is 381 g/mol. The van der Waals surface area contributed by atoms with Gasteiger partial charge in [-0.05, 0) is 30.7 Å². The van der Waals surface area contributed by atoms with Crippen LogP contribution in [0.3, 0.4) is 0 Å². The SMILES string of the molecule is C[C@H]1CN(c2ccc(S(N)(=O)=O)cc2C(F)(F)F)C[C@H](c2ccccc2)O1. The molecular formula is C18H19F3N2O3S. The van der Waals surface area contributed by atoms with E-state index in [-0.39, 0.29) is 24.9 Å². The number of alkyl halides is 3. The van der Waals surface area contributed by atoms with E-state index < -0.39 is 32.8 Å². The molecule has 5 nitrogen and oxygen atoms in total. The first-order chi connectivity index (χ1) is 12.6. The van der Waals surface area contributed by atoms with Crippen molar-refractivity contribution in [2.45, 2.75) is 30.2 Å². The van der Waals surface area contributed by atoms with Crippen LogP contribution in [0.4, 0.5) is 18.9 Å². The number of hydrogen-bond acceptors (Lipinski definition) is 4. The van der Waals surface area contributed by atoms with Gasteiger partial charge in [0.25, 0.3) is 0 Å². The summed E-state index contributed by atoms with van der Waals surface area (Å²) in [6, 6.07) is 12.1. The first kappa shape index (κ1) is 19.7. The fraction of sp³-hybridized carbons (Fsp3) is 0.333. The quantitative estimate of drug-likeness (QED) is 0.858. The Morgan fingerprint density at radius 1 is 1.11 bits per heavy atom. The number of hydrogen-bond donors (Lipinski definition) is 1. The number of rotatable bonds is 3. The van der Waals surface area contributed by atoms with E-state index in [4.69, 9.17) is 9.88 Å². The highest BCUT2D eigenvalue weighted by Crippen LogP contribution is 2.40. The predicted molar refractivity (Wildman–Crippen MR) is 94.8 cm³/mol. The van der Waals surface area contributed by atoms with Crippen molar-refractivity contribution < 1.29 is 26.3 Å². The van der Waals surface area contributed by atoms with Gasteiger partial charge in [0.2, 0.25) is 10.0 Å². The summed E-state index contributed by atoms with van der Waals surface area (Å²) in [6.45, 7) is 2.25. The Labute approximate surface area is 155 Å². The highest BCUT2D eigenvalue weighted by molar-refractivity contribution is 7.89. The van der Waals surface area contributed by atoms with Crippen molar-refractivity contribution in [2.24, 2.45) is 5.14 Å². The summed E-state index contributed by atoms with van der Waals surface area (Å²) < 4.78 is 69.6. The zero-order valence-electron chi connectivity index (χ0n) is 14.5. The molecule has 0 saturated carbocycles. The predicted octanol–water partition coefficient (Wildman–Crippen LogP) is 3.32. The van der Waals surface area contributed by atoms with Gasteiger partial charge in [-0.3, -0.25) is 0 Å². The average Bonchev–Trinajstić information content (AvgIpc) is 2.60. The Morgan fingerprint density at radius 3 is 2.37 bits per heavy atom. The van der Waals surface area contributed by atoms with Gasteiger partial charge >= 0.3 is 6.18 Å². The molecule has 1 aliphatic heterocycles. The second-order valence-corrected chi connectivity index (χ2v) is 8.03. The number of halogens is 3. The van der Waals surface area contributed by atoms with Gasteiger partial charge in [0.05, 0.1) is 16.6 Å². The van der Waals surface area contributed by atoms with Crippen LogP contribution >= 0.6 is 0 Å². The summed E-state index contributed by atoms with van der Waals surface area (Å²) in [6.07, 6.45) is -5.42. The summed E-state index contributed by atoms with van der Waals surface area (Å²) in [5.41, 5.74) is -0.260. The summed E-state index contributed by atoms with van der Waals surface area (Å²) in [7, 11) is -4.24. The Morgan fingerprint density at radius 2 is 1.78 bits per heavy atom. The lowest BCUT2D eigenvalue weighted by molar-refractivity contribution is -0.137. The standard InChI is InChI=1S/C18H19F3N2O3S/c1-12-10-23(11-17(26-12)13-5-3-2-4-6-13)16-8-7-14(27(22,24)25)9-15(16)18(19,20)21/h2-9,12,17H,10-11H2,1H3,(H2,22,24,25)/t12-,17+/m0/s1. The lowest BCUT2D eigenvalue weighted by atomic mass is 10.0. The number of nitrogens with zero attached hydrogens (tertiary/aromatic N) is 1. The lowest BCUT2D eigenvalue weighted by Crippen LogP contribution is -2.43. The molecule has 0 spiro atoms. The fourth-order valence-corrected chi connectivity index (χ4v) is 3.73. The Hall–Kier alpha value is -2.10. The number of benzene rings is 2. The maximum absolute atomic E-state index is 13.6. The summed E-state index contributed by atoms with van der Waals surface area (Å²) in [5.74, 6) is 0. The summed E-state index contributed by atoms with van der Waals surface area (Å²) in [4.78, 5) is 1.00. The van der Waals surface area contributed by atoms with Gasteiger partial charge in [-0.2, -0.15) is 13.2 Å². The molecule has 1 heterocycles. The van der Waals surface area contributed by atoms with E-state index in [1.807, 2.05) is 30.3 Å². The third-order valence-electron chi connectivity index (χ3n) is 4.37. The number of morpholine rings is 1. The number of primary sulfonamides is 1. The molecule has 0 amide bonds. The molecule has 2 atom stereocenters. The largest absolute Gasteiger partial charge is 0.418 e. The molecule has 2 N–H and O–H groups in total. The second kappa shape index (κ2) is 7.14. The van der Waals surface area contributed by atoms with Gasteiger partial charge in [0.15, 0.2) is 0 Å². The van der Waals surface area contributed by atoms with E-state index in [1.54, 1.807) is 11.8 Å². The van der Waals surface area contributed by atoms with Crippen LogP contribution in [0.1, 0.15) is 24.2 Å². The molecule has 1 fully saturated rings. The topological polar surface area (TPSA) is 72.6 Å². The molecule has 146 valence electrons. The fourth-order valence-electron chi connectivity index (χ4n) is 3.19. The van der Waals surface area contributed by atoms with Crippen molar-refractivity contribution in [3.05, 3.63) is 59.7 Å². The molecule has 0 aromatic heterocycles. The maximum Gasteiger partial charge on any atom is 0.418 e. The molecule has 0 unspecified atom stereocenters. The van der Waals surface area contributed by atoms with Gasteiger partial charge in [-0.25, -0.2) is 13.6 Å². The highest BCUT2D eigenvalue weighted by atomic mass is 32.2. The summed E-state index contributed by atoms with van der Waals surface area (Å²) >= 11 is 0. The van der Waals surface area contributed by atoms with E-state index in [0.717, 1.165) is 17.7 Å². The number of sulfonamides is 1. The molecule has 2 aromatic rings. The lowest BCUT2D eigenvalue weighted by Gasteiger charge is -2.39. The monoisotopic (exact) mass is 400 g/mol. The van der Waals surface area contributed by atoms with E-state index >= 15 is 0 Å². The van der Waals surface area contributed by atoms with Crippen LogP contribution in [0.15, 0.2) is 53.4 Å². The summed E-state index contributed by atoms with van der Waals surface area (Å²) in [5, 5.41) is 4.99. The molecule has 9 heteroatoms. The Kier molecular flexibility index (Phi) is 5.20. The molecule has 0 radical (unpaired) electrons. The van der Waals surface area contributed by atoms with Gasteiger partial charge in [0, 0.05) is 18.8 Å². The highest BCUT2D eigenvalue weighted by Gasteiger charge is 2.38. The maximum atomic E-state index is 13.6. The molecule has 0 aliphatic carbocycles. The number of nitrogens with two attached hydrogens (primary N) is 1. The number of ether oxygens (including phenoxy) is 1. The van der Waals surface area contributed by atoms with Crippen molar-refractivity contribution in [1.82, 2.24) is 0 Å². The van der Waals surface area contributed by atoms with Crippen molar-refractivity contribution >= 4 is 15.7 Å². The molecule has 2 aromatic carbocycles. The molecule has 3 rings (SSSR count). The van der Waals surface area contributed by atoms with E-state index in [0.29, 0.717) is 6.07 Å². The van der Waals surface area contributed by atoms with Gasteiger partial charge in [-0.1, -0.05) is 30.3 Å². The van der Waals surface area contributed by atoms with Crippen molar-refractivity contribution in [2.75, 3.05) is 18.0 Å². The minimum Gasteiger partial charge on any atom is -0.367 e. The first-order valence-corrected chi connectivity index (χ1v) is 9.80. The zero-order chi connectivity index (χ0) is 19.8. The molecule has 27 heavy (non-hydrogen) atoms. The number of anilines is 1. The smallest absolute Gasteiger partial charge is 0.367 e. The van der Waals surface area contributed by atoms with Crippen LogP contribution < -0.4 is 10.0 Å². The van der Waals surface area contributed by atoms with Crippen molar-refractivity contribution in [1.29, 1.82) is 0 Å². The Balaban J connectivity index is 2.01. The van der Waals surface area contributed by atoms with Gasteiger partial charge in [0.1, 0.15) is 6.10 Å². The van der Waals surface area contributed by atoms with Crippen LogP contribution in [-0.4, -0.2) is 27.6 Å². The third kappa shape index (κ3) is 4.42. The molecule has 1 aliphatic rings. The van der Waals surface area contributed by atoms with Gasteiger partial charge < -0.3 is 9.64 Å². The average molecular weight is 400 g/mol. The van der Waals surface area contributed by atoms with Crippen molar-refractivity contribution in [3.63, 3.8) is 0 Å². The van der Waals surface area contributed by atoms with Crippen LogP contribution in [-0.2, 0) is 20.9 Å². The van der Waals surface area contributed by atoms with Crippen LogP contribution in [0.25, 0.3) is 0 Å². The minimum absolute atomic E-state index is 0.0917. The van der Waals surface area contributed by atoms with E-state index in [1.165, 1.54) is 0 Å². The third-order valence-corrected chi connectivity index (χ3v) is 5.29. The van der Waals surface area contributed by atoms with E-state index in [9.17, 15) is 21.6 Å². The second-order valence-electron chi connectivity index (χ2n) is 6.47. The minimum atomic E-state index is -4.72. The van der Waals surface area contributed by atoms with Crippen LogP contribution in [0, 0.1) is 0 Å². The van der Waals surface area contributed by atoms with Crippen LogP contribution in [0.2, 0.25) is 0 Å². The van der Waals surface area contributed by atoms with Gasteiger partial charge in [-0.15, -0.1) is 0 Å². The van der Waals surface area contributed by atoms with E-state index in [2.05, 4.69) is 0 Å². The molecule has 1 saturated heterocycles. The normalized spacial score (nSPS) is 21.3. The van der Waals surface area contributed by atoms with Crippen LogP contribution in [0.5, 0.6) is 0 Å². The first-order valence-electron chi connectivity index (χ1n) is 8.25. The van der Waals surface area contributed by atoms with Crippen molar-refractivity contribution in [3.8, 4) is 0 Å².